The second-order valence-electron chi connectivity index (χ2n) is 6.29. The van der Waals surface area contributed by atoms with Gasteiger partial charge in [-0.25, -0.2) is 0 Å². The van der Waals surface area contributed by atoms with Gasteiger partial charge in [-0.2, -0.15) is 0 Å². The van der Waals surface area contributed by atoms with Gasteiger partial charge in [0.1, 0.15) is 0 Å². The van der Waals surface area contributed by atoms with Crippen LogP contribution in [0, 0.1) is 11.8 Å². The van der Waals surface area contributed by atoms with Gasteiger partial charge >= 0.3 is 0 Å². The van der Waals surface area contributed by atoms with Crippen LogP contribution in [0.4, 0.5) is 11.4 Å². The van der Waals surface area contributed by atoms with Gasteiger partial charge in [0, 0.05) is 31.0 Å². The van der Waals surface area contributed by atoms with Gasteiger partial charge in [-0.15, -0.1) is 0 Å². The normalized spacial score (nSPS) is 16.3. The number of nitrogens with one attached hydrogen (secondary N) is 1. The third-order valence-corrected chi connectivity index (χ3v) is 4.02. The first-order valence-electron chi connectivity index (χ1n) is 7.96. The molecule has 116 valence electrons. The molecular weight excluding hydrogens is 262 g/mol. The van der Waals surface area contributed by atoms with E-state index in [0.717, 1.165) is 25.2 Å². The van der Waals surface area contributed by atoms with Crippen molar-refractivity contribution in [1.29, 1.82) is 0 Å². The molecule has 1 unspecified atom stereocenters. The number of carbonyl (C=O) groups is 1. The van der Waals surface area contributed by atoms with Crippen LogP contribution in [0.5, 0.6) is 0 Å². The van der Waals surface area contributed by atoms with E-state index in [2.05, 4.69) is 36.2 Å². The molecule has 4 nitrogen and oxygen atoms in total. The zero-order chi connectivity index (χ0) is 15.2. The molecule has 0 radical (unpaired) electrons. The van der Waals surface area contributed by atoms with Gasteiger partial charge in [-0.05, 0) is 49.4 Å². The highest BCUT2D eigenvalue weighted by Crippen LogP contribution is 2.22. The van der Waals surface area contributed by atoms with Crippen molar-refractivity contribution in [2.24, 2.45) is 17.6 Å². The summed E-state index contributed by atoms with van der Waals surface area (Å²) in [7, 11) is 0. The summed E-state index contributed by atoms with van der Waals surface area (Å²) in [4.78, 5) is 14.6. The smallest absolute Gasteiger partial charge is 0.228 e. The summed E-state index contributed by atoms with van der Waals surface area (Å²) in [6.45, 7) is 6.89. The second kappa shape index (κ2) is 7.46. The van der Waals surface area contributed by atoms with E-state index in [1.807, 2.05) is 12.1 Å². The fourth-order valence-corrected chi connectivity index (χ4v) is 2.85. The Kier molecular flexibility index (Phi) is 5.62. The van der Waals surface area contributed by atoms with Crippen molar-refractivity contribution in [2.75, 3.05) is 29.9 Å². The second-order valence-corrected chi connectivity index (χ2v) is 6.29. The lowest BCUT2D eigenvalue weighted by atomic mass is 9.96. The summed E-state index contributed by atoms with van der Waals surface area (Å²) < 4.78 is 0. The van der Waals surface area contributed by atoms with E-state index >= 15 is 0 Å². The van der Waals surface area contributed by atoms with Crippen LogP contribution in [0.1, 0.15) is 33.1 Å². The number of amides is 1. The number of carbonyl (C=O) groups excluding carboxylic acids is 1. The summed E-state index contributed by atoms with van der Waals surface area (Å²) in [5, 5.41) is 2.98. The van der Waals surface area contributed by atoms with Crippen molar-refractivity contribution in [3.8, 4) is 0 Å². The lowest BCUT2D eigenvalue weighted by Gasteiger charge is -2.19. The monoisotopic (exact) mass is 289 g/mol. The van der Waals surface area contributed by atoms with Crippen LogP contribution in [-0.4, -0.2) is 25.5 Å². The molecule has 1 aromatic rings. The summed E-state index contributed by atoms with van der Waals surface area (Å²) in [5.41, 5.74) is 7.81. The maximum Gasteiger partial charge on any atom is 0.228 e. The number of hydrogen-bond donors (Lipinski definition) is 2. The number of nitrogens with zero attached hydrogens (tertiary/aromatic N) is 1. The third-order valence-electron chi connectivity index (χ3n) is 4.02. The van der Waals surface area contributed by atoms with Crippen LogP contribution >= 0.6 is 0 Å². The Morgan fingerprint density at radius 3 is 2.38 bits per heavy atom. The number of anilines is 2. The molecule has 1 heterocycles. The van der Waals surface area contributed by atoms with Gasteiger partial charge in [0.2, 0.25) is 5.91 Å². The fourth-order valence-electron chi connectivity index (χ4n) is 2.85. The van der Waals surface area contributed by atoms with Crippen molar-refractivity contribution in [3.63, 3.8) is 0 Å². The van der Waals surface area contributed by atoms with Crippen LogP contribution < -0.4 is 16.0 Å². The molecule has 1 aromatic carbocycles. The highest BCUT2D eigenvalue weighted by Gasteiger charge is 2.18. The van der Waals surface area contributed by atoms with Crippen LogP contribution in [0.25, 0.3) is 0 Å². The predicted octanol–water partition coefficient (Wildman–Crippen LogP) is 2.85. The van der Waals surface area contributed by atoms with E-state index in [0.29, 0.717) is 12.5 Å². The lowest BCUT2D eigenvalue weighted by Crippen LogP contribution is -2.30. The summed E-state index contributed by atoms with van der Waals surface area (Å²) in [6.07, 6.45) is 3.37. The molecule has 1 aliphatic rings. The Labute approximate surface area is 127 Å². The fraction of sp³-hybridized carbons (Fsp3) is 0.588. The number of benzene rings is 1. The Balaban J connectivity index is 1.94. The minimum atomic E-state index is -0.108. The highest BCUT2D eigenvalue weighted by molar-refractivity contribution is 5.92. The molecule has 0 bridgehead atoms. The number of rotatable bonds is 6. The molecule has 0 aromatic heterocycles. The molecule has 3 N–H and O–H groups in total. The first kappa shape index (κ1) is 15.8. The largest absolute Gasteiger partial charge is 0.372 e. The van der Waals surface area contributed by atoms with Crippen molar-refractivity contribution in [1.82, 2.24) is 0 Å². The van der Waals surface area contributed by atoms with Crippen LogP contribution in [0.3, 0.4) is 0 Å². The maximum absolute atomic E-state index is 12.2. The van der Waals surface area contributed by atoms with Gasteiger partial charge in [0.05, 0.1) is 5.92 Å². The van der Waals surface area contributed by atoms with E-state index in [1.165, 1.54) is 18.5 Å². The van der Waals surface area contributed by atoms with E-state index in [-0.39, 0.29) is 11.8 Å². The molecule has 2 rings (SSSR count). The lowest BCUT2D eigenvalue weighted by molar-refractivity contribution is -0.120. The summed E-state index contributed by atoms with van der Waals surface area (Å²) in [6, 6.07) is 8.13. The van der Waals surface area contributed by atoms with Gasteiger partial charge in [0.15, 0.2) is 0 Å². The molecular formula is C17H27N3O. The highest BCUT2D eigenvalue weighted by atomic mass is 16.1. The molecule has 1 fully saturated rings. The van der Waals surface area contributed by atoms with Crippen molar-refractivity contribution >= 4 is 17.3 Å². The van der Waals surface area contributed by atoms with E-state index < -0.39 is 0 Å². The SMILES string of the molecule is CC(C)CC(CN)C(=O)Nc1ccc(N2CCCC2)cc1. The summed E-state index contributed by atoms with van der Waals surface area (Å²) >= 11 is 0. The number of hydrogen-bond acceptors (Lipinski definition) is 3. The standard InChI is InChI=1S/C17H27N3O/c1-13(2)11-14(12-18)17(21)19-15-5-7-16(8-6-15)20-9-3-4-10-20/h5-8,13-14H,3-4,9-12,18H2,1-2H3,(H,19,21). The van der Waals surface area contributed by atoms with Crippen LogP contribution in [0.2, 0.25) is 0 Å². The molecule has 1 atom stereocenters. The average molecular weight is 289 g/mol. The Bertz CT molecular complexity index is 450. The quantitative estimate of drug-likeness (QED) is 0.846. The third kappa shape index (κ3) is 4.46. The predicted molar refractivity (Wildman–Crippen MR) is 88.5 cm³/mol. The van der Waals surface area contributed by atoms with Gasteiger partial charge < -0.3 is 16.0 Å². The molecule has 4 heteroatoms. The molecule has 1 saturated heterocycles. The van der Waals surface area contributed by atoms with Crippen LogP contribution in [-0.2, 0) is 4.79 Å². The van der Waals surface area contributed by atoms with E-state index in [1.54, 1.807) is 0 Å². The molecule has 21 heavy (non-hydrogen) atoms. The van der Waals surface area contributed by atoms with Gasteiger partial charge in [0.25, 0.3) is 0 Å². The number of nitrogens with two attached hydrogens (primary N) is 1. The van der Waals surface area contributed by atoms with Crippen LogP contribution in [0.15, 0.2) is 24.3 Å². The minimum absolute atomic E-state index is 0.0279. The van der Waals surface area contributed by atoms with Crippen molar-refractivity contribution in [2.45, 2.75) is 33.1 Å². The summed E-state index contributed by atoms with van der Waals surface area (Å²) in [5.74, 6) is 0.394. The van der Waals surface area contributed by atoms with Crippen molar-refractivity contribution in [3.05, 3.63) is 24.3 Å². The van der Waals surface area contributed by atoms with Gasteiger partial charge in [-0.3, -0.25) is 4.79 Å². The van der Waals surface area contributed by atoms with E-state index in [9.17, 15) is 4.79 Å². The molecule has 1 amide bonds. The minimum Gasteiger partial charge on any atom is -0.372 e. The Morgan fingerprint density at radius 1 is 1.24 bits per heavy atom. The van der Waals surface area contributed by atoms with Crippen molar-refractivity contribution < 1.29 is 4.79 Å². The Hall–Kier alpha value is -1.55. The molecule has 0 saturated carbocycles. The zero-order valence-corrected chi connectivity index (χ0v) is 13.1. The molecule has 0 spiro atoms. The maximum atomic E-state index is 12.2. The Morgan fingerprint density at radius 2 is 1.86 bits per heavy atom. The topological polar surface area (TPSA) is 58.4 Å². The zero-order valence-electron chi connectivity index (χ0n) is 13.1. The molecule has 1 aliphatic heterocycles. The first-order chi connectivity index (χ1) is 10.1. The van der Waals surface area contributed by atoms with E-state index in [4.69, 9.17) is 5.73 Å². The molecule has 0 aliphatic carbocycles. The average Bonchev–Trinajstić information content (AvgIpc) is 2.99. The van der Waals surface area contributed by atoms with Gasteiger partial charge in [-0.1, -0.05) is 13.8 Å². The first-order valence-corrected chi connectivity index (χ1v) is 7.96.